The first kappa shape index (κ1) is 25.5. The molecule has 1 atom stereocenters. The number of aryl methyl sites for hydroxylation is 2. The first-order valence-corrected chi connectivity index (χ1v) is 11.3. The monoisotopic (exact) mass is 556 g/mol. The molecule has 0 radical (unpaired) electrons. The highest BCUT2D eigenvalue weighted by Gasteiger charge is 2.13. The van der Waals surface area contributed by atoms with E-state index >= 15 is 0 Å². The summed E-state index contributed by atoms with van der Waals surface area (Å²) < 4.78 is 7.64. The Morgan fingerprint density at radius 1 is 1.32 bits per heavy atom. The number of rotatable bonds is 9. The van der Waals surface area contributed by atoms with Gasteiger partial charge in [-0.2, -0.15) is 0 Å². The van der Waals surface area contributed by atoms with Gasteiger partial charge >= 0.3 is 0 Å². The minimum absolute atomic E-state index is 0. The topological polar surface area (TPSA) is 67.6 Å². The average Bonchev–Trinajstić information content (AvgIpc) is 3.33. The number of halogens is 1. The van der Waals surface area contributed by atoms with Crippen molar-refractivity contribution in [2.75, 3.05) is 27.2 Å². The van der Waals surface area contributed by atoms with E-state index in [4.69, 9.17) is 14.7 Å². The zero-order chi connectivity index (χ0) is 21.5. The molecule has 0 aliphatic rings. The van der Waals surface area contributed by atoms with Gasteiger partial charge in [0.2, 0.25) is 0 Å². The van der Waals surface area contributed by atoms with Crippen LogP contribution in [0.3, 0.4) is 0 Å². The fourth-order valence-corrected chi connectivity index (χ4v) is 4.20. The molecule has 2 aromatic heterocycles. The number of ether oxygens (including phenoxy) is 1. The molecule has 0 fully saturated rings. The predicted molar refractivity (Wildman–Crippen MR) is 139 cm³/mol. The van der Waals surface area contributed by atoms with E-state index in [1.807, 2.05) is 20.0 Å². The predicted octanol–water partition coefficient (Wildman–Crippen LogP) is 4.61. The normalized spacial score (nSPS) is 12.6. The lowest BCUT2D eigenvalue weighted by molar-refractivity contribution is 0.119. The van der Waals surface area contributed by atoms with Gasteiger partial charge in [-0.15, -0.1) is 35.3 Å². The van der Waals surface area contributed by atoms with Crippen LogP contribution in [-0.4, -0.2) is 52.6 Å². The molecule has 7 nitrogen and oxygen atoms in total. The van der Waals surface area contributed by atoms with E-state index in [9.17, 15) is 0 Å². The number of fused-ring (bicyclic) bond motifs is 1. The number of nitrogens with one attached hydrogen (secondary N) is 1. The largest absolute Gasteiger partial charge is 0.375 e. The zero-order valence-electron chi connectivity index (χ0n) is 19.0. The molecule has 0 aliphatic carbocycles. The second-order valence-corrected chi connectivity index (χ2v) is 8.19. The Morgan fingerprint density at radius 2 is 2.10 bits per heavy atom. The molecule has 31 heavy (non-hydrogen) atoms. The highest BCUT2D eigenvalue weighted by atomic mass is 127. The highest BCUT2D eigenvalue weighted by molar-refractivity contribution is 14.0. The first-order chi connectivity index (χ1) is 14.5. The van der Waals surface area contributed by atoms with Crippen LogP contribution < -0.4 is 5.32 Å². The van der Waals surface area contributed by atoms with E-state index in [2.05, 4.69) is 57.2 Å². The van der Waals surface area contributed by atoms with Crippen LogP contribution in [0.4, 0.5) is 0 Å². The van der Waals surface area contributed by atoms with Crippen molar-refractivity contribution in [2.45, 2.75) is 46.4 Å². The standard InChI is InChI=1S/C22H32N6OS.HI/c1-6-23-22(27(4)14-18-15-30-21(26-18)16(2)29-5)24-12-9-13-28-17(3)25-19-10-7-8-11-20(19)28;/h7-8,10-11,15-16H,6,9,12-14H2,1-5H3,(H,23,24);1H. The number of thiazole rings is 1. The Hall–Kier alpha value is -1.72. The van der Waals surface area contributed by atoms with Gasteiger partial charge in [-0.3, -0.25) is 4.99 Å². The highest BCUT2D eigenvalue weighted by Crippen LogP contribution is 2.21. The van der Waals surface area contributed by atoms with Crippen LogP contribution in [-0.2, 0) is 17.8 Å². The van der Waals surface area contributed by atoms with Gasteiger partial charge in [0.15, 0.2) is 5.96 Å². The van der Waals surface area contributed by atoms with Gasteiger partial charge in [-0.1, -0.05) is 12.1 Å². The number of methoxy groups -OCH3 is 1. The third-order valence-corrected chi connectivity index (χ3v) is 6.07. The maximum atomic E-state index is 5.36. The van der Waals surface area contributed by atoms with E-state index in [1.54, 1.807) is 18.4 Å². The molecule has 170 valence electrons. The maximum Gasteiger partial charge on any atom is 0.194 e. The lowest BCUT2D eigenvalue weighted by Crippen LogP contribution is -2.38. The van der Waals surface area contributed by atoms with E-state index in [1.165, 1.54) is 5.52 Å². The summed E-state index contributed by atoms with van der Waals surface area (Å²) in [5.74, 6) is 1.95. The Labute approximate surface area is 206 Å². The molecule has 1 N–H and O–H groups in total. The minimum Gasteiger partial charge on any atom is -0.375 e. The Morgan fingerprint density at radius 3 is 2.84 bits per heavy atom. The van der Waals surface area contributed by atoms with Crippen LogP contribution in [0.15, 0.2) is 34.6 Å². The number of hydrogen-bond donors (Lipinski definition) is 1. The van der Waals surface area contributed by atoms with Crippen molar-refractivity contribution in [2.24, 2.45) is 4.99 Å². The number of para-hydroxylation sites is 2. The van der Waals surface area contributed by atoms with Gasteiger partial charge in [0.25, 0.3) is 0 Å². The van der Waals surface area contributed by atoms with Gasteiger partial charge < -0.3 is 19.5 Å². The average molecular weight is 557 g/mol. The summed E-state index contributed by atoms with van der Waals surface area (Å²) in [6.45, 7) is 9.37. The molecule has 3 rings (SSSR count). The smallest absolute Gasteiger partial charge is 0.194 e. The Balaban J connectivity index is 0.00000341. The van der Waals surface area contributed by atoms with Crippen LogP contribution in [0.1, 0.15) is 42.9 Å². The van der Waals surface area contributed by atoms with Crippen molar-refractivity contribution in [3.05, 3.63) is 46.2 Å². The fraction of sp³-hybridized carbons (Fsp3) is 0.500. The summed E-state index contributed by atoms with van der Waals surface area (Å²) in [6.07, 6.45) is 0.981. The van der Waals surface area contributed by atoms with Gasteiger partial charge in [0, 0.05) is 39.2 Å². The summed E-state index contributed by atoms with van der Waals surface area (Å²) in [5, 5.41) is 6.49. The summed E-state index contributed by atoms with van der Waals surface area (Å²) in [4.78, 5) is 16.3. The fourth-order valence-electron chi connectivity index (χ4n) is 3.36. The molecular formula is C22H33IN6OS. The van der Waals surface area contributed by atoms with Crippen LogP contribution in [0.2, 0.25) is 0 Å². The molecular weight excluding hydrogens is 523 g/mol. The SMILES string of the molecule is CCNC(=NCCCn1c(C)nc2ccccc21)N(C)Cc1csc(C(C)OC)n1.I. The number of hydrogen-bond acceptors (Lipinski definition) is 5. The van der Waals surface area contributed by atoms with Crippen LogP contribution >= 0.6 is 35.3 Å². The van der Waals surface area contributed by atoms with Crippen LogP contribution in [0, 0.1) is 6.92 Å². The number of aliphatic imine (C=N–C) groups is 1. The Bertz CT molecular complexity index is 985. The lowest BCUT2D eigenvalue weighted by Gasteiger charge is -2.21. The molecule has 0 bridgehead atoms. The number of benzene rings is 1. The molecule has 0 spiro atoms. The van der Waals surface area contributed by atoms with Crippen molar-refractivity contribution in [3.63, 3.8) is 0 Å². The van der Waals surface area contributed by atoms with Gasteiger partial charge in [-0.25, -0.2) is 9.97 Å². The second-order valence-electron chi connectivity index (χ2n) is 7.30. The number of aromatic nitrogens is 3. The van der Waals surface area contributed by atoms with Crippen molar-refractivity contribution in [1.82, 2.24) is 24.8 Å². The molecule has 3 aromatic rings. The molecule has 2 heterocycles. The minimum atomic E-state index is 0. The van der Waals surface area contributed by atoms with E-state index < -0.39 is 0 Å². The number of guanidine groups is 1. The van der Waals surface area contributed by atoms with Crippen LogP contribution in [0.25, 0.3) is 11.0 Å². The first-order valence-electron chi connectivity index (χ1n) is 10.4. The van der Waals surface area contributed by atoms with Crippen LogP contribution in [0.5, 0.6) is 0 Å². The molecule has 0 saturated heterocycles. The second kappa shape index (κ2) is 12.4. The molecule has 0 aliphatic heterocycles. The van der Waals surface area contributed by atoms with Crippen molar-refractivity contribution < 1.29 is 4.74 Å². The number of imidazole rings is 1. The molecule has 1 unspecified atom stereocenters. The van der Waals surface area contributed by atoms with E-state index in [0.29, 0.717) is 6.54 Å². The third-order valence-electron chi connectivity index (χ3n) is 5.01. The summed E-state index contributed by atoms with van der Waals surface area (Å²) >= 11 is 1.64. The molecule has 0 saturated carbocycles. The van der Waals surface area contributed by atoms with Crippen molar-refractivity contribution in [3.8, 4) is 0 Å². The quantitative estimate of drug-likeness (QED) is 0.181. The van der Waals surface area contributed by atoms with Crippen molar-refractivity contribution in [1.29, 1.82) is 0 Å². The van der Waals surface area contributed by atoms with Gasteiger partial charge in [0.1, 0.15) is 16.9 Å². The third kappa shape index (κ3) is 6.63. The van der Waals surface area contributed by atoms with E-state index in [-0.39, 0.29) is 30.1 Å². The summed E-state index contributed by atoms with van der Waals surface area (Å²) in [6, 6.07) is 8.28. The molecule has 0 amide bonds. The van der Waals surface area contributed by atoms with E-state index in [0.717, 1.165) is 54.1 Å². The number of nitrogens with zero attached hydrogens (tertiary/aromatic N) is 5. The maximum absolute atomic E-state index is 5.36. The van der Waals surface area contributed by atoms with Crippen molar-refractivity contribution >= 4 is 52.3 Å². The van der Waals surface area contributed by atoms with Gasteiger partial charge in [-0.05, 0) is 39.3 Å². The molecule has 9 heteroatoms. The lowest BCUT2D eigenvalue weighted by atomic mass is 10.3. The zero-order valence-corrected chi connectivity index (χ0v) is 22.1. The van der Waals surface area contributed by atoms with Gasteiger partial charge in [0.05, 0.1) is 23.3 Å². The molecule has 1 aromatic carbocycles. The Kier molecular flexibility index (Phi) is 10.2. The summed E-state index contributed by atoms with van der Waals surface area (Å²) in [5.41, 5.74) is 3.28. The summed E-state index contributed by atoms with van der Waals surface area (Å²) in [7, 11) is 3.76.